The van der Waals surface area contributed by atoms with Crippen molar-refractivity contribution in [2.75, 3.05) is 26.2 Å². The van der Waals surface area contributed by atoms with Crippen LogP contribution < -0.4 is 0 Å². The molecule has 0 aliphatic carbocycles. The molecule has 0 aromatic carbocycles. The summed E-state index contributed by atoms with van der Waals surface area (Å²) in [4.78, 5) is 16.7. The average Bonchev–Trinajstić information content (AvgIpc) is 3.13. The molecule has 7 heteroatoms. The van der Waals surface area contributed by atoms with Crippen molar-refractivity contribution in [3.63, 3.8) is 0 Å². The lowest BCUT2D eigenvalue weighted by Gasteiger charge is -2.34. The minimum absolute atomic E-state index is 0.208. The van der Waals surface area contributed by atoms with E-state index in [1.54, 1.807) is 0 Å². The second-order valence-corrected chi connectivity index (χ2v) is 6.49. The third kappa shape index (κ3) is 3.84. The predicted molar refractivity (Wildman–Crippen MR) is 89.4 cm³/mol. The fourth-order valence-electron chi connectivity index (χ4n) is 3.06. The molecule has 0 bridgehead atoms. The number of carbonyl (C=O) groups excluding carboxylic acids is 1. The number of amides is 1. The SMILES string of the molecule is Cc1cnn(CCC(=O)N2CCN(Cc3c(C)noc3C)CC2)c1. The lowest BCUT2D eigenvalue weighted by Crippen LogP contribution is -2.48. The summed E-state index contributed by atoms with van der Waals surface area (Å²) in [5.41, 5.74) is 3.25. The van der Waals surface area contributed by atoms with E-state index in [1.807, 2.05) is 42.7 Å². The summed E-state index contributed by atoms with van der Waals surface area (Å²) in [6.45, 7) is 10.7. The van der Waals surface area contributed by atoms with Gasteiger partial charge in [-0.3, -0.25) is 14.4 Å². The Labute approximate surface area is 142 Å². The zero-order valence-corrected chi connectivity index (χ0v) is 14.7. The molecule has 7 nitrogen and oxygen atoms in total. The molecular weight excluding hydrogens is 306 g/mol. The fraction of sp³-hybridized carbons (Fsp3) is 0.588. The van der Waals surface area contributed by atoms with Crippen molar-refractivity contribution in [3.05, 3.63) is 35.0 Å². The zero-order chi connectivity index (χ0) is 17.1. The molecule has 3 rings (SSSR count). The Hall–Kier alpha value is -2.15. The smallest absolute Gasteiger partial charge is 0.224 e. The number of rotatable bonds is 5. The molecule has 3 heterocycles. The molecule has 2 aromatic rings. The summed E-state index contributed by atoms with van der Waals surface area (Å²) >= 11 is 0. The highest BCUT2D eigenvalue weighted by Crippen LogP contribution is 2.16. The quantitative estimate of drug-likeness (QED) is 0.831. The third-order valence-electron chi connectivity index (χ3n) is 4.61. The van der Waals surface area contributed by atoms with Crippen molar-refractivity contribution in [3.8, 4) is 0 Å². The van der Waals surface area contributed by atoms with E-state index in [-0.39, 0.29) is 5.91 Å². The molecule has 0 unspecified atom stereocenters. The van der Waals surface area contributed by atoms with Gasteiger partial charge in [0.05, 0.1) is 11.9 Å². The average molecular weight is 331 g/mol. The number of carbonyl (C=O) groups is 1. The van der Waals surface area contributed by atoms with Crippen molar-refractivity contribution >= 4 is 5.91 Å². The van der Waals surface area contributed by atoms with Crippen LogP contribution in [-0.4, -0.2) is 56.8 Å². The first-order valence-corrected chi connectivity index (χ1v) is 8.44. The lowest BCUT2D eigenvalue weighted by atomic mass is 10.1. The Morgan fingerprint density at radius 2 is 1.96 bits per heavy atom. The Kier molecular flexibility index (Phi) is 4.99. The van der Waals surface area contributed by atoms with Gasteiger partial charge in [0.1, 0.15) is 5.76 Å². The first kappa shape index (κ1) is 16.7. The molecule has 1 amide bonds. The standard InChI is InChI=1S/C17H25N5O2/c1-13-10-18-22(11-13)5-4-17(23)21-8-6-20(7-9-21)12-16-14(2)19-24-15(16)3/h10-11H,4-9,12H2,1-3H3. The molecule has 0 N–H and O–H groups in total. The van der Waals surface area contributed by atoms with Crippen LogP contribution in [0.15, 0.2) is 16.9 Å². The topological polar surface area (TPSA) is 67.4 Å². The number of piperazine rings is 1. The molecule has 0 saturated carbocycles. The number of hydrogen-bond donors (Lipinski definition) is 0. The number of aryl methyl sites for hydroxylation is 4. The van der Waals surface area contributed by atoms with Crippen LogP contribution in [0.4, 0.5) is 0 Å². The van der Waals surface area contributed by atoms with Crippen molar-refractivity contribution in [1.82, 2.24) is 24.7 Å². The second-order valence-electron chi connectivity index (χ2n) is 6.49. The number of hydrogen-bond acceptors (Lipinski definition) is 5. The number of nitrogens with zero attached hydrogens (tertiary/aromatic N) is 5. The van der Waals surface area contributed by atoms with Gasteiger partial charge in [-0.2, -0.15) is 5.10 Å². The monoisotopic (exact) mass is 331 g/mol. The van der Waals surface area contributed by atoms with Gasteiger partial charge in [-0.1, -0.05) is 5.16 Å². The van der Waals surface area contributed by atoms with Crippen molar-refractivity contribution in [2.45, 2.75) is 40.3 Å². The third-order valence-corrected chi connectivity index (χ3v) is 4.61. The van der Waals surface area contributed by atoms with E-state index in [1.165, 1.54) is 5.56 Å². The molecule has 0 spiro atoms. The highest BCUT2D eigenvalue weighted by atomic mass is 16.5. The van der Waals surface area contributed by atoms with Gasteiger partial charge in [0.2, 0.25) is 5.91 Å². The maximum absolute atomic E-state index is 12.4. The van der Waals surface area contributed by atoms with Crippen molar-refractivity contribution in [1.29, 1.82) is 0 Å². The first-order chi connectivity index (χ1) is 11.5. The van der Waals surface area contributed by atoms with Gasteiger partial charge in [-0.15, -0.1) is 0 Å². The van der Waals surface area contributed by atoms with Crippen LogP contribution >= 0.6 is 0 Å². The number of aromatic nitrogens is 3. The fourth-order valence-corrected chi connectivity index (χ4v) is 3.06. The Morgan fingerprint density at radius 3 is 2.54 bits per heavy atom. The lowest BCUT2D eigenvalue weighted by molar-refractivity contribution is -0.133. The van der Waals surface area contributed by atoms with Crippen LogP contribution in [0.2, 0.25) is 0 Å². The molecule has 2 aromatic heterocycles. The van der Waals surface area contributed by atoms with Gasteiger partial charge in [-0.25, -0.2) is 0 Å². The van der Waals surface area contributed by atoms with E-state index in [9.17, 15) is 4.79 Å². The highest BCUT2D eigenvalue weighted by Gasteiger charge is 2.22. The Morgan fingerprint density at radius 1 is 1.21 bits per heavy atom. The van der Waals surface area contributed by atoms with E-state index in [2.05, 4.69) is 15.2 Å². The van der Waals surface area contributed by atoms with E-state index in [0.717, 1.165) is 49.7 Å². The molecule has 1 saturated heterocycles. The molecule has 130 valence electrons. The predicted octanol–water partition coefficient (Wildman–Crippen LogP) is 1.53. The second kappa shape index (κ2) is 7.17. The van der Waals surface area contributed by atoms with Crippen LogP contribution in [0.5, 0.6) is 0 Å². The largest absolute Gasteiger partial charge is 0.361 e. The van der Waals surface area contributed by atoms with Crippen molar-refractivity contribution in [2.24, 2.45) is 0 Å². The van der Waals surface area contributed by atoms with E-state index < -0.39 is 0 Å². The summed E-state index contributed by atoms with van der Waals surface area (Å²) in [6.07, 6.45) is 4.29. The van der Waals surface area contributed by atoms with Gasteiger partial charge in [-0.05, 0) is 26.3 Å². The first-order valence-electron chi connectivity index (χ1n) is 8.44. The van der Waals surface area contributed by atoms with Gasteiger partial charge in [0, 0.05) is 57.4 Å². The van der Waals surface area contributed by atoms with Crippen LogP contribution in [0.25, 0.3) is 0 Å². The van der Waals surface area contributed by atoms with Gasteiger partial charge in [0.15, 0.2) is 0 Å². The normalized spacial score (nSPS) is 15.9. The molecular formula is C17H25N5O2. The van der Waals surface area contributed by atoms with Crippen LogP contribution in [0, 0.1) is 20.8 Å². The van der Waals surface area contributed by atoms with E-state index in [4.69, 9.17) is 4.52 Å². The summed E-state index contributed by atoms with van der Waals surface area (Å²) < 4.78 is 7.06. The summed E-state index contributed by atoms with van der Waals surface area (Å²) in [5, 5.41) is 8.23. The minimum Gasteiger partial charge on any atom is -0.361 e. The van der Waals surface area contributed by atoms with Crippen LogP contribution in [0.3, 0.4) is 0 Å². The summed E-state index contributed by atoms with van der Waals surface area (Å²) in [7, 11) is 0. The molecule has 1 fully saturated rings. The summed E-state index contributed by atoms with van der Waals surface area (Å²) in [5.74, 6) is 1.10. The molecule has 0 atom stereocenters. The van der Waals surface area contributed by atoms with E-state index in [0.29, 0.717) is 13.0 Å². The Bertz CT molecular complexity index is 678. The minimum atomic E-state index is 0.208. The van der Waals surface area contributed by atoms with E-state index >= 15 is 0 Å². The maximum Gasteiger partial charge on any atom is 0.224 e. The van der Waals surface area contributed by atoms with Crippen LogP contribution in [0.1, 0.15) is 29.0 Å². The van der Waals surface area contributed by atoms with Crippen LogP contribution in [-0.2, 0) is 17.9 Å². The van der Waals surface area contributed by atoms with Gasteiger partial charge in [0.25, 0.3) is 0 Å². The molecule has 24 heavy (non-hydrogen) atoms. The summed E-state index contributed by atoms with van der Waals surface area (Å²) in [6, 6.07) is 0. The maximum atomic E-state index is 12.4. The highest BCUT2D eigenvalue weighted by molar-refractivity contribution is 5.76. The molecule has 1 aliphatic heterocycles. The van der Waals surface area contributed by atoms with Crippen molar-refractivity contribution < 1.29 is 9.32 Å². The van der Waals surface area contributed by atoms with Gasteiger partial charge < -0.3 is 9.42 Å². The molecule has 1 aliphatic rings. The molecule has 0 radical (unpaired) electrons. The van der Waals surface area contributed by atoms with Gasteiger partial charge >= 0.3 is 0 Å². The zero-order valence-electron chi connectivity index (χ0n) is 14.7. The Balaban J connectivity index is 1.45.